The second kappa shape index (κ2) is 9.39. The molecule has 1 saturated carbocycles. The molecule has 7 nitrogen and oxygen atoms in total. The van der Waals surface area contributed by atoms with Crippen LogP contribution in [0.15, 0.2) is 24.3 Å². The highest BCUT2D eigenvalue weighted by Crippen LogP contribution is 2.29. The zero-order valence-electron chi connectivity index (χ0n) is 15.1. The van der Waals surface area contributed by atoms with Gasteiger partial charge in [-0.15, -0.1) is 0 Å². The molecule has 0 bridgehead atoms. The van der Waals surface area contributed by atoms with Crippen molar-refractivity contribution in [3.63, 3.8) is 0 Å². The van der Waals surface area contributed by atoms with E-state index in [1.165, 1.54) is 0 Å². The van der Waals surface area contributed by atoms with Crippen LogP contribution in [0.5, 0.6) is 0 Å². The van der Waals surface area contributed by atoms with E-state index in [9.17, 15) is 14.7 Å². The SMILES string of the molecule is O=C(Nc1cccc(Cl)c1)N[C@@H]1CC[C@H](CCNC(=O)C2CC2)O[C@H]1CO. The Morgan fingerprint density at radius 3 is 2.74 bits per heavy atom. The van der Waals surface area contributed by atoms with Crippen molar-refractivity contribution in [2.75, 3.05) is 18.5 Å². The van der Waals surface area contributed by atoms with Crippen LogP contribution in [0.1, 0.15) is 32.1 Å². The maximum atomic E-state index is 12.2. The van der Waals surface area contributed by atoms with Gasteiger partial charge in [-0.1, -0.05) is 17.7 Å². The van der Waals surface area contributed by atoms with Crippen LogP contribution in [-0.2, 0) is 9.53 Å². The number of anilines is 1. The normalized spacial score (nSPS) is 24.9. The molecule has 8 heteroatoms. The average molecular weight is 396 g/mol. The molecule has 1 aliphatic carbocycles. The van der Waals surface area contributed by atoms with Gasteiger partial charge in [-0.3, -0.25) is 4.79 Å². The van der Waals surface area contributed by atoms with Crippen LogP contribution < -0.4 is 16.0 Å². The van der Waals surface area contributed by atoms with Gasteiger partial charge in [0, 0.05) is 23.2 Å². The Bertz CT molecular complexity index is 668. The number of carbonyl (C=O) groups is 2. The molecule has 148 valence electrons. The van der Waals surface area contributed by atoms with E-state index in [4.69, 9.17) is 16.3 Å². The zero-order chi connectivity index (χ0) is 19.2. The van der Waals surface area contributed by atoms with E-state index in [1.807, 2.05) is 0 Å². The summed E-state index contributed by atoms with van der Waals surface area (Å²) in [5, 5.41) is 18.7. The van der Waals surface area contributed by atoms with Crippen LogP contribution in [0.25, 0.3) is 0 Å². The predicted molar refractivity (Wildman–Crippen MR) is 103 cm³/mol. The first-order chi connectivity index (χ1) is 13.0. The lowest BCUT2D eigenvalue weighted by atomic mass is 9.97. The third-order valence-corrected chi connectivity index (χ3v) is 5.14. The number of aliphatic hydroxyl groups is 1. The van der Waals surface area contributed by atoms with Crippen molar-refractivity contribution in [1.82, 2.24) is 10.6 Å². The Balaban J connectivity index is 1.42. The molecule has 1 aliphatic heterocycles. The summed E-state index contributed by atoms with van der Waals surface area (Å²) in [5.41, 5.74) is 0.599. The third kappa shape index (κ3) is 6.09. The van der Waals surface area contributed by atoms with Crippen LogP contribution in [0.2, 0.25) is 5.02 Å². The molecule has 27 heavy (non-hydrogen) atoms. The number of aliphatic hydroxyl groups excluding tert-OH is 1. The minimum Gasteiger partial charge on any atom is -0.394 e. The highest BCUT2D eigenvalue weighted by molar-refractivity contribution is 6.30. The van der Waals surface area contributed by atoms with Crippen LogP contribution in [0.3, 0.4) is 0 Å². The standard InChI is InChI=1S/C19H26ClN3O4/c20-13-2-1-3-14(10-13)22-19(26)23-16-7-6-15(27-17(16)11-24)8-9-21-18(25)12-4-5-12/h1-3,10,12,15-17,24H,4-9,11H2,(H,21,25)(H2,22,23,26)/t15-,16-,17+/m1/s1. The fraction of sp³-hybridized carbons (Fsp3) is 0.579. The number of urea groups is 1. The lowest BCUT2D eigenvalue weighted by Crippen LogP contribution is -2.52. The molecule has 0 radical (unpaired) electrons. The molecule has 0 aromatic heterocycles. The lowest BCUT2D eigenvalue weighted by Gasteiger charge is -2.36. The van der Waals surface area contributed by atoms with Gasteiger partial charge in [0.05, 0.1) is 18.8 Å². The second-order valence-electron chi connectivity index (χ2n) is 7.13. The maximum absolute atomic E-state index is 12.2. The van der Waals surface area contributed by atoms with E-state index in [1.54, 1.807) is 24.3 Å². The summed E-state index contributed by atoms with van der Waals surface area (Å²) in [5.74, 6) is 0.329. The van der Waals surface area contributed by atoms with E-state index in [0.29, 0.717) is 30.1 Å². The Kier molecular flexibility index (Phi) is 6.93. The number of carbonyl (C=O) groups excluding carboxylic acids is 2. The summed E-state index contributed by atoms with van der Waals surface area (Å²) in [7, 11) is 0. The van der Waals surface area contributed by atoms with E-state index < -0.39 is 6.10 Å². The van der Waals surface area contributed by atoms with E-state index in [-0.39, 0.29) is 36.6 Å². The first-order valence-electron chi connectivity index (χ1n) is 9.42. The van der Waals surface area contributed by atoms with Crippen molar-refractivity contribution < 1.29 is 19.4 Å². The summed E-state index contributed by atoms with van der Waals surface area (Å²) in [6.07, 6.45) is 3.65. The highest BCUT2D eigenvalue weighted by atomic mass is 35.5. The van der Waals surface area contributed by atoms with Crippen molar-refractivity contribution in [3.8, 4) is 0 Å². The molecule has 1 aromatic carbocycles. The number of nitrogens with one attached hydrogen (secondary N) is 3. The van der Waals surface area contributed by atoms with E-state index >= 15 is 0 Å². The molecule has 0 spiro atoms. The minimum atomic E-state index is -0.465. The van der Waals surface area contributed by atoms with Gasteiger partial charge in [-0.05, 0) is 50.3 Å². The fourth-order valence-corrected chi connectivity index (χ4v) is 3.45. The minimum absolute atomic E-state index is 0.0318. The van der Waals surface area contributed by atoms with E-state index in [2.05, 4.69) is 16.0 Å². The Labute approximate surface area is 163 Å². The topological polar surface area (TPSA) is 99.7 Å². The number of amides is 3. The second-order valence-corrected chi connectivity index (χ2v) is 7.56. The van der Waals surface area contributed by atoms with Gasteiger partial charge in [-0.2, -0.15) is 0 Å². The van der Waals surface area contributed by atoms with Gasteiger partial charge in [-0.25, -0.2) is 4.79 Å². The van der Waals surface area contributed by atoms with E-state index in [0.717, 1.165) is 19.3 Å². The first kappa shape index (κ1) is 19.9. The summed E-state index contributed by atoms with van der Waals surface area (Å²) in [4.78, 5) is 23.9. The number of halogens is 1. The van der Waals surface area contributed by atoms with Crippen molar-refractivity contribution in [2.24, 2.45) is 5.92 Å². The lowest BCUT2D eigenvalue weighted by molar-refractivity contribution is -0.122. The summed E-state index contributed by atoms with van der Waals surface area (Å²) < 4.78 is 5.91. The average Bonchev–Trinajstić information content (AvgIpc) is 3.48. The molecule has 1 aromatic rings. The Morgan fingerprint density at radius 1 is 1.22 bits per heavy atom. The Morgan fingerprint density at radius 2 is 2.04 bits per heavy atom. The third-order valence-electron chi connectivity index (χ3n) is 4.91. The number of ether oxygens (including phenoxy) is 1. The molecule has 3 rings (SSSR count). The summed E-state index contributed by atoms with van der Waals surface area (Å²) in [6.45, 7) is 0.401. The number of hydrogen-bond acceptors (Lipinski definition) is 4. The quantitative estimate of drug-likeness (QED) is 0.569. The van der Waals surface area contributed by atoms with Crippen LogP contribution in [0, 0.1) is 5.92 Å². The molecule has 1 saturated heterocycles. The van der Waals surface area contributed by atoms with Gasteiger partial charge < -0.3 is 25.8 Å². The highest BCUT2D eigenvalue weighted by Gasteiger charge is 2.32. The molecular weight excluding hydrogens is 370 g/mol. The number of rotatable bonds is 7. The molecule has 3 atom stereocenters. The van der Waals surface area contributed by atoms with Crippen molar-refractivity contribution >= 4 is 29.2 Å². The van der Waals surface area contributed by atoms with Gasteiger partial charge in [0.25, 0.3) is 0 Å². The van der Waals surface area contributed by atoms with Crippen LogP contribution >= 0.6 is 11.6 Å². The molecule has 1 heterocycles. The van der Waals surface area contributed by atoms with Gasteiger partial charge in [0.15, 0.2) is 0 Å². The fourth-order valence-electron chi connectivity index (χ4n) is 3.26. The smallest absolute Gasteiger partial charge is 0.319 e. The first-order valence-corrected chi connectivity index (χ1v) is 9.80. The molecule has 2 fully saturated rings. The summed E-state index contributed by atoms with van der Waals surface area (Å²) >= 11 is 5.91. The molecule has 0 unspecified atom stereocenters. The van der Waals surface area contributed by atoms with Crippen LogP contribution in [-0.4, -0.2) is 48.4 Å². The van der Waals surface area contributed by atoms with Crippen LogP contribution in [0.4, 0.5) is 10.5 Å². The number of hydrogen-bond donors (Lipinski definition) is 4. The molecule has 3 amide bonds. The number of benzene rings is 1. The van der Waals surface area contributed by atoms with Crippen molar-refractivity contribution in [2.45, 2.75) is 50.4 Å². The predicted octanol–water partition coefficient (Wildman–Crippen LogP) is 2.29. The monoisotopic (exact) mass is 395 g/mol. The largest absolute Gasteiger partial charge is 0.394 e. The van der Waals surface area contributed by atoms with Gasteiger partial charge >= 0.3 is 6.03 Å². The van der Waals surface area contributed by atoms with Crippen molar-refractivity contribution in [3.05, 3.63) is 29.3 Å². The maximum Gasteiger partial charge on any atom is 0.319 e. The van der Waals surface area contributed by atoms with Crippen molar-refractivity contribution in [1.29, 1.82) is 0 Å². The van der Waals surface area contributed by atoms with Gasteiger partial charge in [0.2, 0.25) is 5.91 Å². The zero-order valence-corrected chi connectivity index (χ0v) is 15.9. The molecular formula is C19H26ClN3O4. The summed E-state index contributed by atoms with van der Waals surface area (Å²) in [6, 6.07) is 6.26. The van der Waals surface area contributed by atoms with Gasteiger partial charge in [0.1, 0.15) is 6.10 Å². The molecule has 2 aliphatic rings. The molecule has 4 N–H and O–H groups in total. The Hall–Kier alpha value is -1.83.